The van der Waals surface area contributed by atoms with Gasteiger partial charge in [-0.2, -0.15) is 0 Å². The second kappa shape index (κ2) is 5.17. The standard InChI is InChI=1S/C18H24N2/c1-11(2)19-10-16-14-6-5-7-17(14)20-18-13(4)8-12(3)9-15(16)18/h8-9,11,19H,5-7,10H2,1-4H3. The Hall–Kier alpha value is -1.41. The molecule has 0 fully saturated rings. The van der Waals surface area contributed by atoms with Crippen LogP contribution >= 0.6 is 0 Å². The summed E-state index contributed by atoms with van der Waals surface area (Å²) in [7, 11) is 0. The molecule has 1 heterocycles. The minimum Gasteiger partial charge on any atom is -0.310 e. The number of benzene rings is 1. The lowest BCUT2D eigenvalue weighted by atomic mass is 9.97. The number of fused-ring (bicyclic) bond motifs is 2. The molecule has 3 rings (SSSR count). The first-order valence-electron chi connectivity index (χ1n) is 7.71. The monoisotopic (exact) mass is 268 g/mol. The van der Waals surface area contributed by atoms with Crippen LogP contribution in [0.15, 0.2) is 12.1 Å². The molecule has 0 aliphatic heterocycles. The van der Waals surface area contributed by atoms with Crippen molar-refractivity contribution in [1.29, 1.82) is 0 Å². The lowest BCUT2D eigenvalue weighted by molar-refractivity contribution is 0.588. The fourth-order valence-corrected chi connectivity index (χ4v) is 3.32. The number of nitrogens with zero attached hydrogens (tertiary/aromatic N) is 1. The minimum atomic E-state index is 0.515. The van der Waals surface area contributed by atoms with Gasteiger partial charge in [-0.3, -0.25) is 4.98 Å². The third-order valence-electron chi connectivity index (χ3n) is 4.26. The first-order valence-corrected chi connectivity index (χ1v) is 7.71. The molecule has 1 aliphatic rings. The fraction of sp³-hybridized carbons (Fsp3) is 0.500. The van der Waals surface area contributed by atoms with Crippen molar-refractivity contribution in [2.24, 2.45) is 0 Å². The van der Waals surface area contributed by atoms with Gasteiger partial charge in [0, 0.05) is 23.7 Å². The van der Waals surface area contributed by atoms with Gasteiger partial charge in [-0.25, -0.2) is 0 Å². The molecule has 1 N–H and O–H groups in total. The summed E-state index contributed by atoms with van der Waals surface area (Å²) in [4.78, 5) is 4.96. The van der Waals surface area contributed by atoms with Crippen molar-refractivity contribution in [3.63, 3.8) is 0 Å². The zero-order chi connectivity index (χ0) is 14.3. The van der Waals surface area contributed by atoms with Gasteiger partial charge < -0.3 is 5.32 Å². The van der Waals surface area contributed by atoms with Crippen molar-refractivity contribution in [3.8, 4) is 0 Å². The second-order valence-corrected chi connectivity index (χ2v) is 6.38. The van der Waals surface area contributed by atoms with Crippen molar-refractivity contribution in [1.82, 2.24) is 10.3 Å². The van der Waals surface area contributed by atoms with Crippen LogP contribution in [0.1, 0.15) is 48.2 Å². The van der Waals surface area contributed by atoms with Gasteiger partial charge in [0.05, 0.1) is 5.52 Å². The number of nitrogens with one attached hydrogen (secondary N) is 1. The number of aryl methyl sites for hydroxylation is 3. The molecule has 0 saturated heterocycles. The Morgan fingerprint density at radius 1 is 1.20 bits per heavy atom. The van der Waals surface area contributed by atoms with E-state index in [-0.39, 0.29) is 0 Å². The molecule has 1 aromatic heterocycles. The molecule has 106 valence electrons. The van der Waals surface area contributed by atoms with E-state index in [1.807, 2.05) is 0 Å². The van der Waals surface area contributed by atoms with Gasteiger partial charge in [0.2, 0.25) is 0 Å². The predicted octanol–water partition coefficient (Wildman–Crippen LogP) is 3.84. The third-order valence-corrected chi connectivity index (χ3v) is 4.26. The lowest BCUT2D eigenvalue weighted by Gasteiger charge is -2.16. The summed E-state index contributed by atoms with van der Waals surface area (Å²) in [6.45, 7) is 9.74. The van der Waals surface area contributed by atoms with Crippen LogP contribution in [0.4, 0.5) is 0 Å². The average Bonchev–Trinajstić information content (AvgIpc) is 2.83. The van der Waals surface area contributed by atoms with Crippen LogP contribution in [0, 0.1) is 13.8 Å². The highest BCUT2D eigenvalue weighted by Gasteiger charge is 2.20. The largest absolute Gasteiger partial charge is 0.310 e. The minimum absolute atomic E-state index is 0.515. The molecule has 0 bridgehead atoms. The Morgan fingerprint density at radius 2 is 2.00 bits per heavy atom. The van der Waals surface area contributed by atoms with E-state index < -0.39 is 0 Å². The summed E-state index contributed by atoms with van der Waals surface area (Å²) in [5, 5.41) is 4.95. The molecule has 0 unspecified atom stereocenters. The highest BCUT2D eigenvalue weighted by molar-refractivity contribution is 5.87. The molecule has 2 nitrogen and oxygen atoms in total. The number of hydrogen-bond acceptors (Lipinski definition) is 2. The molecule has 2 aromatic rings. The molecule has 20 heavy (non-hydrogen) atoms. The van der Waals surface area contributed by atoms with Crippen LogP contribution in [0.2, 0.25) is 0 Å². The summed E-state index contributed by atoms with van der Waals surface area (Å²) in [6.07, 6.45) is 3.60. The van der Waals surface area contributed by atoms with Crippen LogP contribution in [-0.4, -0.2) is 11.0 Å². The third kappa shape index (κ3) is 2.33. The predicted molar refractivity (Wildman–Crippen MR) is 85.2 cm³/mol. The smallest absolute Gasteiger partial charge is 0.0738 e. The fourth-order valence-electron chi connectivity index (χ4n) is 3.32. The van der Waals surface area contributed by atoms with Gasteiger partial charge in [0.15, 0.2) is 0 Å². The highest BCUT2D eigenvalue weighted by atomic mass is 14.9. The van der Waals surface area contributed by atoms with Crippen molar-refractivity contribution in [2.45, 2.75) is 59.5 Å². The van der Waals surface area contributed by atoms with Gasteiger partial charge in [0.25, 0.3) is 0 Å². The van der Waals surface area contributed by atoms with E-state index in [1.165, 1.54) is 51.7 Å². The number of rotatable bonds is 3. The van der Waals surface area contributed by atoms with Crippen molar-refractivity contribution in [3.05, 3.63) is 40.1 Å². The summed E-state index contributed by atoms with van der Waals surface area (Å²) in [5.41, 5.74) is 8.18. The summed E-state index contributed by atoms with van der Waals surface area (Å²) < 4.78 is 0. The molecule has 1 aromatic carbocycles. The second-order valence-electron chi connectivity index (χ2n) is 6.38. The van der Waals surface area contributed by atoms with Gasteiger partial charge in [-0.05, 0) is 55.9 Å². The molecule has 0 saturated carbocycles. The normalized spacial score (nSPS) is 14.2. The Labute approximate surface area is 121 Å². The topological polar surface area (TPSA) is 24.9 Å². The molecule has 0 amide bonds. The first kappa shape index (κ1) is 13.6. The van der Waals surface area contributed by atoms with Gasteiger partial charge in [-0.15, -0.1) is 0 Å². The van der Waals surface area contributed by atoms with Crippen molar-refractivity contribution < 1.29 is 0 Å². The highest BCUT2D eigenvalue weighted by Crippen LogP contribution is 2.32. The van der Waals surface area contributed by atoms with E-state index in [2.05, 4.69) is 45.1 Å². The molecule has 0 spiro atoms. The maximum absolute atomic E-state index is 4.96. The molecule has 0 atom stereocenters. The van der Waals surface area contributed by atoms with Gasteiger partial charge in [0.1, 0.15) is 0 Å². The number of hydrogen-bond donors (Lipinski definition) is 1. The zero-order valence-corrected chi connectivity index (χ0v) is 13.0. The van der Waals surface area contributed by atoms with E-state index in [9.17, 15) is 0 Å². The van der Waals surface area contributed by atoms with E-state index in [0.29, 0.717) is 6.04 Å². The van der Waals surface area contributed by atoms with Crippen LogP contribution in [-0.2, 0) is 19.4 Å². The molecule has 1 aliphatic carbocycles. The average molecular weight is 268 g/mol. The molecular formula is C18H24N2. The SMILES string of the molecule is Cc1cc(C)c2nc3c(c(CNC(C)C)c2c1)CCC3. The Bertz CT molecular complexity index is 656. The van der Waals surface area contributed by atoms with Gasteiger partial charge in [-0.1, -0.05) is 25.5 Å². The van der Waals surface area contributed by atoms with Crippen molar-refractivity contribution in [2.75, 3.05) is 0 Å². The molecular weight excluding hydrogens is 244 g/mol. The molecule has 0 radical (unpaired) electrons. The van der Waals surface area contributed by atoms with E-state index >= 15 is 0 Å². The summed E-state index contributed by atoms with van der Waals surface area (Å²) >= 11 is 0. The number of aromatic nitrogens is 1. The lowest BCUT2D eigenvalue weighted by Crippen LogP contribution is -2.23. The van der Waals surface area contributed by atoms with Gasteiger partial charge >= 0.3 is 0 Å². The van der Waals surface area contributed by atoms with Crippen LogP contribution in [0.25, 0.3) is 10.9 Å². The first-order chi connectivity index (χ1) is 9.56. The van der Waals surface area contributed by atoms with Crippen LogP contribution in [0.5, 0.6) is 0 Å². The Morgan fingerprint density at radius 3 is 2.75 bits per heavy atom. The summed E-state index contributed by atoms with van der Waals surface area (Å²) in [6, 6.07) is 5.07. The molecule has 2 heteroatoms. The van der Waals surface area contributed by atoms with E-state index in [0.717, 1.165) is 13.0 Å². The Balaban J connectivity index is 2.22. The van der Waals surface area contributed by atoms with E-state index in [1.54, 1.807) is 0 Å². The van der Waals surface area contributed by atoms with Crippen LogP contribution < -0.4 is 5.32 Å². The maximum atomic E-state index is 4.96. The van der Waals surface area contributed by atoms with Crippen molar-refractivity contribution >= 4 is 10.9 Å². The van der Waals surface area contributed by atoms with E-state index in [4.69, 9.17) is 4.98 Å². The zero-order valence-electron chi connectivity index (χ0n) is 13.0. The maximum Gasteiger partial charge on any atom is 0.0738 e. The Kier molecular flexibility index (Phi) is 3.51. The summed E-state index contributed by atoms with van der Waals surface area (Å²) in [5.74, 6) is 0. The quantitative estimate of drug-likeness (QED) is 0.915. The van der Waals surface area contributed by atoms with Crippen LogP contribution in [0.3, 0.4) is 0 Å². The number of pyridine rings is 1.